The summed E-state index contributed by atoms with van der Waals surface area (Å²) in [5, 5.41) is 5.52. The van der Waals surface area contributed by atoms with Crippen molar-refractivity contribution < 1.29 is 4.74 Å². The molecular formula is C28H30O. The van der Waals surface area contributed by atoms with E-state index in [0.29, 0.717) is 11.8 Å². The van der Waals surface area contributed by atoms with Crippen LogP contribution in [0.1, 0.15) is 44.7 Å². The first-order chi connectivity index (χ1) is 14.1. The van der Waals surface area contributed by atoms with Gasteiger partial charge in [0.05, 0.1) is 6.26 Å². The van der Waals surface area contributed by atoms with Crippen molar-refractivity contribution in [3.63, 3.8) is 0 Å². The lowest BCUT2D eigenvalue weighted by Crippen LogP contribution is -2.43. The van der Waals surface area contributed by atoms with Crippen LogP contribution < -0.4 is 0 Å². The molecule has 2 aliphatic rings. The van der Waals surface area contributed by atoms with Crippen LogP contribution in [0.3, 0.4) is 0 Å². The van der Waals surface area contributed by atoms with Gasteiger partial charge in [0.1, 0.15) is 5.60 Å². The number of allylic oxidation sites excluding steroid dienone is 2. The molecule has 3 aromatic rings. The molecular weight excluding hydrogens is 352 g/mol. The molecule has 1 heterocycles. The predicted molar refractivity (Wildman–Crippen MR) is 123 cm³/mol. The monoisotopic (exact) mass is 382 g/mol. The lowest BCUT2D eigenvalue weighted by atomic mass is 9.69. The molecule has 1 heteroatoms. The van der Waals surface area contributed by atoms with Crippen molar-refractivity contribution in [3.8, 4) is 0 Å². The fraction of sp³-hybridized carbons (Fsp3) is 0.357. The van der Waals surface area contributed by atoms with Gasteiger partial charge in [-0.1, -0.05) is 62.4 Å². The molecule has 0 amide bonds. The summed E-state index contributed by atoms with van der Waals surface area (Å²) in [7, 11) is 0. The van der Waals surface area contributed by atoms with Crippen molar-refractivity contribution in [1.82, 2.24) is 0 Å². The second-order valence-corrected chi connectivity index (χ2v) is 9.39. The summed E-state index contributed by atoms with van der Waals surface area (Å²) in [6.07, 6.45) is 10.9. The summed E-state index contributed by atoms with van der Waals surface area (Å²) in [6.45, 7) is 6.81. The third-order valence-electron chi connectivity index (χ3n) is 6.85. The average Bonchev–Trinajstić information content (AvgIpc) is 2.72. The first-order valence-electron chi connectivity index (χ1n) is 11.0. The minimum atomic E-state index is -0.164. The minimum absolute atomic E-state index is 0.164. The Morgan fingerprint density at radius 2 is 1.83 bits per heavy atom. The average molecular weight is 383 g/mol. The Morgan fingerprint density at radius 1 is 1.00 bits per heavy atom. The highest BCUT2D eigenvalue weighted by Gasteiger charge is 2.41. The minimum Gasteiger partial charge on any atom is -0.490 e. The molecule has 0 N–H and O–H groups in total. The zero-order chi connectivity index (χ0) is 20.0. The molecule has 2 atom stereocenters. The second-order valence-electron chi connectivity index (χ2n) is 9.39. The van der Waals surface area contributed by atoms with Gasteiger partial charge >= 0.3 is 0 Å². The van der Waals surface area contributed by atoms with E-state index >= 15 is 0 Å². The quantitative estimate of drug-likeness (QED) is 0.430. The van der Waals surface area contributed by atoms with Crippen molar-refractivity contribution in [1.29, 1.82) is 0 Å². The maximum atomic E-state index is 6.39. The first kappa shape index (κ1) is 18.5. The van der Waals surface area contributed by atoms with Crippen LogP contribution in [0.4, 0.5) is 0 Å². The third-order valence-corrected chi connectivity index (χ3v) is 6.85. The number of fused-ring (bicyclic) bond motifs is 5. The van der Waals surface area contributed by atoms with E-state index in [1.807, 2.05) is 6.26 Å². The standard InChI is InChI=1S/C28H30O/c1-19(2)17-28(18-20(3)14-15-29-28)23-10-13-25-22(16-23)9-12-26-24-7-5-4-6-21(24)8-11-27(25)26/h4-9,11-12,14-15,18-19,23H,10,13,16-17H2,1-3H3. The summed E-state index contributed by atoms with van der Waals surface area (Å²) >= 11 is 0. The molecule has 2 unspecified atom stereocenters. The van der Waals surface area contributed by atoms with Gasteiger partial charge in [-0.2, -0.15) is 0 Å². The lowest BCUT2D eigenvalue weighted by Gasteiger charge is -2.43. The summed E-state index contributed by atoms with van der Waals surface area (Å²) in [5.41, 5.74) is 4.23. The maximum absolute atomic E-state index is 6.39. The van der Waals surface area contributed by atoms with Crippen molar-refractivity contribution in [2.45, 2.75) is 52.1 Å². The molecule has 1 aliphatic carbocycles. The normalized spacial score (nSPS) is 23.9. The highest BCUT2D eigenvalue weighted by Crippen LogP contribution is 2.43. The van der Waals surface area contributed by atoms with E-state index < -0.39 is 0 Å². The number of aryl methyl sites for hydroxylation is 1. The van der Waals surface area contributed by atoms with E-state index in [1.165, 1.54) is 39.1 Å². The number of ether oxygens (including phenoxy) is 1. The zero-order valence-corrected chi connectivity index (χ0v) is 17.7. The highest BCUT2D eigenvalue weighted by molar-refractivity contribution is 6.08. The van der Waals surface area contributed by atoms with E-state index in [-0.39, 0.29) is 5.60 Å². The largest absolute Gasteiger partial charge is 0.490 e. The van der Waals surface area contributed by atoms with Crippen molar-refractivity contribution in [3.05, 3.63) is 83.6 Å². The van der Waals surface area contributed by atoms with Gasteiger partial charge in [-0.3, -0.25) is 0 Å². The van der Waals surface area contributed by atoms with Crippen LogP contribution >= 0.6 is 0 Å². The predicted octanol–water partition coefficient (Wildman–Crippen LogP) is 7.37. The van der Waals surface area contributed by atoms with E-state index in [4.69, 9.17) is 4.74 Å². The van der Waals surface area contributed by atoms with Crippen LogP contribution in [0.5, 0.6) is 0 Å². The molecule has 5 rings (SSSR count). The van der Waals surface area contributed by atoms with Crippen molar-refractivity contribution in [2.75, 3.05) is 0 Å². The first-order valence-corrected chi connectivity index (χ1v) is 11.0. The lowest BCUT2D eigenvalue weighted by molar-refractivity contribution is -0.0145. The van der Waals surface area contributed by atoms with Crippen LogP contribution in [-0.4, -0.2) is 5.60 Å². The molecule has 29 heavy (non-hydrogen) atoms. The van der Waals surface area contributed by atoms with Gasteiger partial charge in [-0.25, -0.2) is 0 Å². The van der Waals surface area contributed by atoms with Gasteiger partial charge in [-0.15, -0.1) is 0 Å². The smallest absolute Gasteiger partial charge is 0.130 e. The van der Waals surface area contributed by atoms with Crippen molar-refractivity contribution in [2.24, 2.45) is 11.8 Å². The summed E-state index contributed by atoms with van der Waals surface area (Å²) < 4.78 is 6.39. The van der Waals surface area contributed by atoms with Crippen LogP contribution in [0.25, 0.3) is 21.5 Å². The summed E-state index contributed by atoms with van der Waals surface area (Å²) in [6, 6.07) is 18.1. The molecule has 1 aliphatic heterocycles. The summed E-state index contributed by atoms with van der Waals surface area (Å²) in [5.74, 6) is 1.13. The second kappa shape index (κ2) is 7.06. The SMILES string of the molecule is CC1=CC(CC(C)C)(C2CCc3c(ccc4c3ccc3ccccc34)C2)OC=C1. The topological polar surface area (TPSA) is 9.23 Å². The Kier molecular flexibility index (Phi) is 4.50. The summed E-state index contributed by atoms with van der Waals surface area (Å²) in [4.78, 5) is 0. The van der Waals surface area contributed by atoms with Crippen molar-refractivity contribution >= 4 is 21.5 Å². The van der Waals surface area contributed by atoms with Gasteiger partial charge in [-0.05, 0) is 88.9 Å². The van der Waals surface area contributed by atoms with E-state index in [0.717, 1.165) is 19.3 Å². The Balaban J connectivity index is 1.56. The van der Waals surface area contributed by atoms with Gasteiger partial charge in [0.2, 0.25) is 0 Å². The molecule has 0 radical (unpaired) electrons. The van der Waals surface area contributed by atoms with Gasteiger partial charge in [0.15, 0.2) is 0 Å². The van der Waals surface area contributed by atoms with Crippen LogP contribution in [0.2, 0.25) is 0 Å². The molecule has 0 fully saturated rings. The Bertz CT molecular complexity index is 1130. The van der Waals surface area contributed by atoms with E-state index in [9.17, 15) is 0 Å². The van der Waals surface area contributed by atoms with Crippen LogP contribution in [0, 0.1) is 11.8 Å². The Labute approximate surface area is 174 Å². The maximum Gasteiger partial charge on any atom is 0.130 e. The van der Waals surface area contributed by atoms with E-state index in [2.05, 4.69) is 81.5 Å². The molecule has 1 nitrogen and oxygen atoms in total. The molecule has 0 aromatic heterocycles. The molecule has 0 spiro atoms. The van der Waals surface area contributed by atoms with Gasteiger partial charge in [0.25, 0.3) is 0 Å². The molecule has 148 valence electrons. The third kappa shape index (κ3) is 3.17. The highest BCUT2D eigenvalue weighted by atomic mass is 16.5. The van der Waals surface area contributed by atoms with Gasteiger partial charge in [0, 0.05) is 5.92 Å². The number of hydrogen-bond acceptors (Lipinski definition) is 1. The number of hydrogen-bond donors (Lipinski definition) is 0. The fourth-order valence-corrected chi connectivity index (χ4v) is 5.65. The molecule has 0 saturated carbocycles. The van der Waals surface area contributed by atoms with Crippen LogP contribution in [-0.2, 0) is 17.6 Å². The van der Waals surface area contributed by atoms with Gasteiger partial charge < -0.3 is 4.74 Å². The molecule has 0 saturated heterocycles. The number of rotatable bonds is 3. The van der Waals surface area contributed by atoms with Crippen LogP contribution in [0.15, 0.2) is 72.5 Å². The molecule has 0 bridgehead atoms. The van der Waals surface area contributed by atoms with E-state index in [1.54, 1.807) is 5.56 Å². The Morgan fingerprint density at radius 3 is 2.66 bits per heavy atom. The fourth-order valence-electron chi connectivity index (χ4n) is 5.65. The molecule has 3 aromatic carbocycles. The number of benzene rings is 3. The Hall–Kier alpha value is -2.54. The zero-order valence-electron chi connectivity index (χ0n) is 17.7.